The van der Waals surface area contributed by atoms with E-state index in [2.05, 4.69) is 0 Å². The molecule has 0 fully saturated rings. The molecule has 51 heavy (non-hydrogen) atoms. The van der Waals surface area contributed by atoms with Gasteiger partial charge in [-0.1, -0.05) is 72.0 Å². The number of fused-ring (bicyclic) bond motifs is 1. The Morgan fingerprint density at radius 1 is 0.824 bits per heavy atom. The maximum atomic E-state index is 14.3. The minimum Gasteiger partial charge on any atom is -0.493 e. The molecule has 4 aromatic carbocycles. The van der Waals surface area contributed by atoms with Crippen LogP contribution < -0.4 is 29.1 Å². The van der Waals surface area contributed by atoms with E-state index in [1.54, 1.807) is 55.9 Å². The minimum atomic E-state index is -0.861. The van der Waals surface area contributed by atoms with Crippen LogP contribution in [0.15, 0.2) is 112 Å². The van der Waals surface area contributed by atoms with Gasteiger partial charge in [-0.05, 0) is 73.0 Å². The van der Waals surface area contributed by atoms with E-state index in [9.17, 15) is 14.4 Å². The average molecular weight is 705 g/mol. The first kappa shape index (κ1) is 34.9. The van der Waals surface area contributed by atoms with Crippen molar-refractivity contribution < 1.29 is 33.3 Å². The quantitative estimate of drug-likeness (QED) is 0.152. The molecular formula is C40H36N2O8S. The lowest BCUT2D eigenvalue weighted by Gasteiger charge is -2.26. The molecule has 0 saturated heterocycles. The van der Waals surface area contributed by atoms with Gasteiger partial charge in [0.15, 0.2) is 16.3 Å². The lowest BCUT2D eigenvalue weighted by Crippen LogP contribution is -2.40. The number of methoxy groups -OCH3 is 2. The van der Waals surface area contributed by atoms with Crippen LogP contribution in [0, 0.1) is 0 Å². The molecule has 0 radical (unpaired) electrons. The number of ether oxygens (including phenoxy) is 5. The van der Waals surface area contributed by atoms with E-state index < -0.39 is 12.0 Å². The first-order chi connectivity index (χ1) is 24.8. The molecule has 0 unspecified atom stereocenters. The van der Waals surface area contributed by atoms with Gasteiger partial charge >= 0.3 is 11.9 Å². The maximum Gasteiger partial charge on any atom is 0.338 e. The molecule has 1 aromatic heterocycles. The van der Waals surface area contributed by atoms with Gasteiger partial charge in [-0.3, -0.25) is 9.36 Å². The van der Waals surface area contributed by atoms with Crippen molar-refractivity contribution in [2.45, 2.75) is 26.5 Å². The number of nitrogens with zero attached hydrogens (tertiary/aromatic N) is 2. The Hall–Kier alpha value is -5.94. The van der Waals surface area contributed by atoms with Crippen LogP contribution in [-0.4, -0.2) is 43.9 Å². The molecule has 0 N–H and O–H groups in total. The summed E-state index contributed by atoms with van der Waals surface area (Å²) in [7, 11) is 3.08. The third kappa shape index (κ3) is 7.48. The summed E-state index contributed by atoms with van der Waals surface area (Å²) < 4.78 is 29.6. The molecule has 0 aliphatic carbocycles. The molecular weight excluding hydrogens is 669 g/mol. The zero-order valence-electron chi connectivity index (χ0n) is 28.6. The Bertz CT molecular complexity index is 2260. The summed E-state index contributed by atoms with van der Waals surface area (Å²) in [6.45, 7) is 4.28. The molecule has 1 aliphatic heterocycles. The van der Waals surface area contributed by atoms with Gasteiger partial charge in [0.25, 0.3) is 5.56 Å². The normalized spacial score (nSPS) is 14.0. The molecule has 11 heteroatoms. The van der Waals surface area contributed by atoms with Crippen LogP contribution in [0.1, 0.15) is 52.5 Å². The largest absolute Gasteiger partial charge is 0.493 e. The van der Waals surface area contributed by atoms with Crippen molar-refractivity contribution >= 4 is 35.0 Å². The Morgan fingerprint density at radius 2 is 1.51 bits per heavy atom. The third-order valence-corrected chi connectivity index (χ3v) is 9.13. The summed E-state index contributed by atoms with van der Waals surface area (Å²) in [6.07, 6.45) is 1.80. The van der Waals surface area contributed by atoms with Crippen molar-refractivity contribution in [3.8, 4) is 17.2 Å². The predicted octanol–water partition coefficient (Wildman–Crippen LogP) is 5.71. The summed E-state index contributed by atoms with van der Waals surface area (Å²) in [4.78, 5) is 45.3. The second-order valence-electron chi connectivity index (χ2n) is 11.3. The van der Waals surface area contributed by atoms with Crippen molar-refractivity contribution in [2.75, 3.05) is 27.4 Å². The smallest absolute Gasteiger partial charge is 0.338 e. The average Bonchev–Trinajstić information content (AvgIpc) is 3.47. The van der Waals surface area contributed by atoms with E-state index in [4.69, 9.17) is 28.7 Å². The SMILES string of the molecule is CCOC(=O)C1=C(c2ccccc2)N=c2s/c(=C\c3ccc(OCc4ccc(C(=O)OCC)cc4)cc3)c(=O)n2[C@@H]1c1ccc(OC)c(OC)c1. The number of aromatic nitrogens is 1. The Balaban J connectivity index is 1.37. The van der Waals surface area contributed by atoms with Crippen molar-refractivity contribution in [1.82, 2.24) is 4.57 Å². The number of benzene rings is 4. The molecule has 0 spiro atoms. The van der Waals surface area contributed by atoms with E-state index >= 15 is 0 Å². The Kier molecular flexibility index (Phi) is 10.8. The van der Waals surface area contributed by atoms with E-state index in [1.165, 1.54) is 18.4 Å². The second-order valence-corrected chi connectivity index (χ2v) is 12.3. The molecule has 0 saturated carbocycles. The number of esters is 2. The molecule has 5 aromatic rings. The van der Waals surface area contributed by atoms with Crippen LogP contribution in [0.3, 0.4) is 0 Å². The first-order valence-corrected chi connectivity index (χ1v) is 17.2. The van der Waals surface area contributed by atoms with E-state index in [0.29, 0.717) is 62.2 Å². The van der Waals surface area contributed by atoms with E-state index in [0.717, 1.165) is 11.1 Å². The zero-order chi connectivity index (χ0) is 35.9. The fourth-order valence-electron chi connectivity index (χ4n) is 5.71. The molecule has 1 aliphatic rings. The Labute approximate surface area is 298 Å². The highest BCUT2D eigenvalue weighted by Crippen LogP contribution is 2.38. The molecule has 6 rings (SSSR count). The van der Waals surface area contributed by atoms with Crippen LogP contribution in [0.2, 0.25) is 0 Å². The van der Waals surface area contributed by atoms with E-state index in [-0.39, 0.29) is 23.7 Å². The lowest BCUT2D eigenvalue weighted by molar-refractivity contribution is -0.138. The molecule has 1 atom stereocenters. The van der Waals surface area contributed by atoms with Crippen LogP contribution in [-0.2, 0) is 20.9 Å². The molecule has 10 nitrogen and oxygen atoms in total. The van der Waals surface area contributed by atoms with Crippen molar-refractivity contribution in [3.05, 3.63) is 150 Å². The van der Waals surface area contributed by atoms with Gasteiger partial charge in [0.05, 0.1) is 54.8 Å². The zero-order valence-corrected chi connectivity index (χ0v) is 29.4. The van der Waals surface area contributed by atoms with Crippen LogP contribution >= 0.6 is 11.3 Å². The van der Waals surface area contributed by atoms with Gasteiger partial charge in [-0.2, -0.15) is 0 Å². The van der Waals surface area contributed by atoms with Gasteiger partial charge in [-0.15, -0.1) is 0 Å². The minimum absolute atomic E-state index is 0.148. The van der Waals surface area contributed by atoms with Gasteiger partial charge in [0.2, 0.25) is 0 Å². The van der Waals surface area contributed by atoms with Crippen LogP contribution in [0.4, 0.5) is 0 Å². The van der Waals surface area contributed by atoms with Gasteiger partial charge in [-0.25, -0.2) is 14.6 Å². The summed E-state index contributed by atoms with van der Waals surface area (Å²) in [5.41, 5.74) is 3.87. The van der Waals surface area contributed by atoms with Crippen molar-refractivity contribution in [3.63, 3.8) is 0 Å². The monoisotopic (exact) mass is 704 g/mol. The summed E-state index contributed by atoms with van der Waals surface area (Å²) in [5.74, 6) is 0.677. The topological polar surface area (TPSA) is 115 Å². The van der Waals surface area contributed by atoms with E-state index in [1.807, 2.05) is 72.8 Å². The van der Waals surface area contributed by atoms with Gasteiger partial charge in [0.1, 0.15) is 12.4 Å². The standard InChI is InChI=1S/C40H36N2O8S/c1-5-48-38(44)28-16-12-26(13-17-28)24-50-30-19-14-25(15-20-30)22-33-37(43)42-36(29-18-21-31(46-3)32(23-29)47-4)34(39(45)49-6-2)35(41-40(42)51-33)27-10-8-7-9-11-27/h7-23,36H,5-6,24H2,1-4H3/b33-22-/t36-/m1/s1. The van der Waals surface area contributed by atoms with Crippen LogP contribution in [0.5, 0.6) is 17.2 Å². The Morgan fingerprint density at radius 3 is 2.18 bits per heavy atom. The number of carbonyl (C=O) groups is 2. The summed E-state index contributed by atoms with van der Waals surface area (Å²) >= 11 is 1.24. The van der Waals surface area contributed by atoms with Crippen molar-refractivity contribution in [2.24, 2.45) is 4.99 Å². The van der Waals surface area contributed by atoms with Gasteiger partial charge < -0.3 is 23.7 Å². The first-order valence-electron chi connectivity index (χ1n) is 16.3. The number of thiazole rings is 1. The molecule has 0 amide bonds. The fraction of sp³-hybridized carbons (Fsp3) is 0.200. The molecule has 0 bridgehead atoms. The van der Waals surface area contributed by atoms with Gasteiger partial charge in [0, 0.05) is 5.56 Å². The lowest BCUT2D eigenvalue weighted by atomic mass is 9.93. The van der Waals surface area contributed by atoms with Crippen LogP contribution in [0.25, 0.3) is 11.8 Å². The predicted molar refractivity (Wildman–Crippen MR) is 194 cm³/mol. The number of hydrogen-bond acceptors (Lipinski definition) is 10. The summed E-state index contributed by atoms with van der Waals surface area (Å²) in [5, 5.41) is 0. The number of carbonyl (C=O) groups excluding carboxylic acids is 2. The number of rotatable bonds is 12. The number of hydrogen-bond donors (Lipinski definition) is 0. The maximum absolute atomic E-state index is 14.3. The fourth-order valence-corrected chi connectivity index (χ4v) is 6.71. The highest BCUT2D eigenvalue weighted by Gasteiger charge is 2.35. The second kappa shape index (κ2) is 15.7. The van der Waals surface area contributed by atoms with Crippen molar-refractivity contribution in [1.29, 1.82) is 0 Å². The highest BCUT2D eigenvalue weighted by atomic mass is 32.1. The summed E-state index contributed by atoms with van der Waals surface area (Å²) in [6, 6.07) is 28.3. The molecule has 260 valence electrons. The molecule has 2 heterocycles. The highest BCUT2D eigenvalue weighted by molar-refractivity contribution is 7.07. The third-order valence-electron chi connectivity index (χ3n) is 8.15.